The highest BCUT2D eigenvalue weighted by Gasteiger charge is 2.20. The number of hydrogen-bond acceptors (Lipinski definition) is 2. The molecule has 0 unspecified atom stereocenters. The minimum atomic E-state index is -0.811. The molecule has 3 nitrogen and oxygen atoms in total. The van der Waals surface area contributed by atoms with Crippen LogP contribution in [0, 0.1) is 5.92 Å². The Morgan fingerprint density at radius 1 is 1.39 bits per heavy atom. The molecule has 1 aliphatic carbocycles. The lowest BCUT2D eigenvalue weighted by Gasteiger charge is -2.23. The highest BCUT2D eigenvalue weighted by atomic mass is 32.1. The number of aromatic carboxylic acids is 1. The van der Waals surface area contributed by atoms with Gasteiger partial charge in [-0.1, -0.05) is 19.3 Å². The molecule has 0 atom stereocenters. The van der Waals surface area contributed by atoms with Crippen molar-refractivity contribution in [3.8, 4) is 0 Å². The molecular weight excluding hydrogens is 246 g/mol. The fourth-order valence-corrected chi connectivity index (χ4v) is 3.80. The van der Waals surface area contributed by atoms with E-state index >= 15 is 0 Å². The molecule has 0 aromatic carbocycles. The average Bonchev–Trinajstić information content (AvgIpc) is 2.93. The van der Waals surface area contributed by atoms with Gasteiger partial charge in [0.15, 0.2) is 0 Å². The third-order valence-corrected chi connectivity index (χ3v) is 4.76. The van der Waals surface area contributed by atoms with Crippen LogP contribution in [-0.2, 0) is 6.54 Å². The third kappa shape index (κ3) is 2.05. The Hall–Kier alpha value is -1.29. The summed E-state index contributed by atoms with van der Waals surface area (Å²) in [4.78, 5) is 11.3. The zero-order valence-electron chi connectivity index (χ0n) is 10.3. The lowest BCUT2D eigenvalue weighted by molar-refractivity contribution is 0.0684. The van der Waals surface area contributed by atoms with Crippen LogP contribution < -0.4 is 0 Å². The van der Waals surface area contributed by atoms with Crippen LogP contribution in [0.3, 0.4) is 0 Å². The number of carboxylic acid groups (broad SMARTS) is 1. The van der Waals surface area contributed by atoms with Crippen molar-refractivity contribution in [3.05, 3.63) is 23.2 Å². The predicted molar refractivity (Wildman–Crippen MR) is 73.3 cm³/mol. The van der Waals surface area contributed by atoms with Crippen molar-refractivity contribution in [3.63, 3.8) is 0 Å². The number of thiophene rings is 1. The first kappa shape index (κ1) is 11.8. The van der Waals surface area contributed by atoms with Crippen LogP contribution >= 0.6 is 11.3 Å². The number of rotatable bonds is 3. The molecule has 1 saturated carbocycles. The first-order valence-electron chi connectivity index (χ1n) is 6.56. The largest absolute Gasteiger partial charge is 0.477 e. The number of carboxylic acids is 1. The molecule has 3 rings (SSSR count). The molecule has 0 bridgehead atoms. The molecule has 0 saturated heterocycles. The first-order valence-corrected chi connectivity index (χ1v) is 7.43. The highest BCUT2D eigenvalue weighted by molar-refractivity contribution is 7.17. The molecule has 1 N–H and O–H groups in total. The zero-order valence-corrected chi connectivity index (χ0v) is 11.1. The van der Waals surface area contributed by atoms with E-state index in [1.165, 1.54) is 32.1 Å². The van der Waals surface area contributed by atoms with Crippen LogP contribution in [0.4, 0.5) is 0 Å². The minimum absolute atomic E-state index is 0.447. The molecule has 2 aromatic heterocycles. The van der Waals surface area contributed by atoms with E-state index in [0.29, 0.717) is 11.6 Å². The van der Waals surface area contributed by atoms with Crippen molar-refractivity contribution >= 4 is 27.5 Å². The van der Waals surface area contributed by atoms with E-state index in [4.69, 9.17) is 0 Å². The summed E-state index contributed by atoms with van der Waals surface area (Å²) in [6.07, 6.45) is 6.40. The van der Waals surface area contributed by atoms with Crippen LogP contribution in [-0.4, -0.2) is 15.6 Å². The topological polar surface area (TPSA) is 42.2 Å². The summed E-state index contributed by atoms with van der Waals surface area (Å²) in [5.41, 5.74) is 1.53. The van der Waals surface area contributed by atoms with E-state index < -0.39 is 5.97 Å². The predicted octanol–water partition coefficient (Wildman–Crippen LogP) is 3.98. The number of nitrogens with zero attached hydrogens (tertiary/aromatic N) is 1. The van der Waals surface area contributed by atoms with Gasteiger partial charge in [0.25, 0.3) is 0 Å². The van der Waals surface area contributed by atoms with Gasteiger partial charge >= 0.3 is 5.97 Å². The van der Waals surface area contributed by atoms with Gasteiger partial charge in [0.05, 0.1) is 10.2 Å². The second kappa shape index (κ2) is 4.76. The second-order valence-electron chi connectivity index (χ2n) is 5.12. The number of hydrogen-bond donors (Lipinski definition) is 1. The van der Waals surface area contributed by atoms with Crippen LogP contribution in [0.15, 0.2) is 17.5 Å². The molecule has 0 radical (unpaired) electrons. The van der Waals surface area contributed by atoms with Gasteiger partial charge in [-0.05, 0) is 36.3 Å². The Morgan fingerprint density at radius 3 is 2.89 bits per heavy atom. The Kier molecular flexibility index (Phi) is 3.12. The van der Waals surface area contributed by atoms with Crippen LogP contribution in [0.25, 0.3) is 10.2 Å². The van der Waals surface area contributed by atoms with Crippen molar-refractivity contribution < 1.29 is 9.90 Å². The summed E-state index contributed by atoms with van der Waals surface area (Å²) in [5.74, 6) is -0.165. The molecular formula is C14H17NO2S. The van der Waals surface area contributed by atoms with E-state index in [9.17, 15) is 9.90 Å². The molecule has 1 aliphatic rings. The molecule has 96 valence electrons. The molecule has 0 spiro atoms. The molecule has 4 heteroatoms. The van der Waals surface area contributed by atoms with E-state index in [0.717, 1.165) is 16.8 Å². The summed E-state index contributed by atoms with van der Waals surface area (Å²) >= 11 is 1.62. The molecule has 18 heavy (non-hydrogen) atoms. The molecule has 1 fully saturated rings. The van der Waals surface area contributed by atoms with Crippen molar-refractivity contribution in [1.29, 1.82) is 0 Å². The van der Waals surface area contributed by atoms with Crippen molar-refractivity contribution in [2.24, 2.45) is 5.92 Å². The molecule has 2 heterocycles. The van der Waals surface area contributed by atoms with Gasteiger partial charge in [0.1, 0.15) is 5.69 Å². The second-order valence-corrected chi connectivity index (χ2v) is 6.07. The van der Waals surface area contributed by atoms with E-state index in [-0.39, 0.29) is 0 Å². The van der Waals surface area contributed by atoms with Crippen LogP contribution in [0.2, 0.25) is 0 Å². The molecule has 2 aromatic rings. The maximum absolute atomic E-state index is 11.3. The number of aromatic nitrogens is 1. The van der Waals surface area contributed by atoms with Gasteiger partial charge in [-0.25, -0.2) is 4.79 Å². The Balaban J connectivity index is 1.94. The Bertz CT molecular complexity index is 563. The van der Waals surface area contributed by atoms with Crippen molar-refractivity contribution in [1.82, 2.24) is 4.57 Å². The summed E-state index contributed by atoms with van der Waals surface area (Å²) in [7, 11) is 0. The van der Waals surface area contributed by atoms with Crippen molar-refractivity contribution in [2.45, 2.75) is 38.6 Å². The van der Waals surface area contributed by atoms with Gasteiger partial charge in [-0.15, -0.1) is 11.3 Å². The normalized spacial score (nSPS) is 17.3. The van der Waals surface area contributed by atoms with Crippen LogP contribution in [0.5, 0.6) is 0 Å². The number of carbonyl (C=O) groups is 1. The van der Waals surface area contributed by atoms with Gasteiger partial charge in [0.2, 0.25) is 0 Å². The number of fused-ring (bicyclic) bond motifs is 1. The average molecular weight is 263 g/mol. The quantitative estimate of drug-likeness (QED) is 0.910. The molecule has 0 aliphatic heterocycles. The van der Waals surface area contributed by atoms with E-state index in [2.05, 4.69) is 0 Å². The monoisotopic (exact) mass is 263 g/mol. The lowest BCUT2D eigenvalue weighted by Crippen LogP contribution is -2.17. The van der Waals surface area contributed by atoms with Crippen molar-refractivity contribution in [2.75, 3.05) is 0 Å². The van der Waals surface area contributed by atoms with Gasteiger partial charge in [0, 0.05) is 6.54 Å². The molecule has 0 amide bonds. The fraction of sp³-hybridized carbons (Fsp3) is 0.500. The Morgan fingerprint density at radius 2 is 2.17 bits per heavy atom. The highest BCUT2D eigenvalue weighted by Crippen LogP contribution is 2.30. The smallest absolute Gasteiger partial charge is 0.352 e. The summed E-state index contributed by atoms with van der Waals surface area (Å²) in [6.45, 7) is 0.863. The zero-order chi connectivity index (χ0) is 12.5. The van der Waals surface area contributed by atoms with Gasteiger partial charge in [-0.3, -0.25) is 0 Å². The van der Waals surface area contributed by atoms with Gasteiger partial charge in [-0.2, -0.15) is 0 Å². The summed E-state index contributed by atoms with van der Waals surface area (Å²) in [5, 5.41) is 11.3. The van der Waals surface area contributed by atoms with E-state index in [1.54, 1.807) is 11.3 Å². The maximum Gasteiger partial charge on any atom is 0.352 e. The first-order chi connectivity index (χ1) is 8.75. The summed E-state index contributed by atoms with van der Waals surface area (Å²) in [6, 6.07) is 3.85. The fourth-order valence-electron chi connectivity index (χ4n) is 2.98. The summed E-state index contributed by atoms with van der Waals surface area (Å²) < 4.78 is 3.09. The minimum Gasteiger partial charge on any atom is -0.477 e. The van der Waals surface area contributed by atoms with Gasteiger partial charge < -0.3 is 9.67 Å². The lowest BCUT2D eigenvalue weighted by atomic mass is 9.89. The van der Waals surface area contributed by atoms with E-state index in [1.807, 2.05) is 22.1 Å². The van der Waals surface area contributed by atoms with Crippen LogP contribution in [0.1, 0.15) is 42.6 Å². The third-order valence-electron chi connectivity index (χ3n) is 3.91. The SMILES string of the molecule is O=C(O)c1cc2sccc2n1CC1CCCCC1. The maximum atomic E-state index is 11.3. The standard InChI is InChI=1S/C14H17NO2S/c16-14(17)12-8-13-11(6-7-18-13)15(12)9-10-4-2-1-3-5-10/h6-8,10H,1-5,9H2,(H,16,17). The Labute approximate surface area is 110 Å².